The Labute approximate surface area is 206 Å². The van der Waals surface area contributed by atoms with Crippen LogP contribution in [0.25, 0.3) is 17.3 Å². The van der Waals surface area contributed by atoms with E-state index in [1.165, 1.54) is 11.7 Å². The summed E-state index contributed by atoms with van der Waals surface area (Å²) in [6.07, 6.45) is 4.57. The number of hydrogen-bond acceptors (Lipinski definition) is 6. The number of nitrogens with zero attached hydrogens (tertiary/aromatic N) is 3. The molecule has 7 nitrogen and oxygen atoms in total. The highest BCUT2D eigenvalue weighted by atomic mass is 32.1. The first-order chi connectivity index (χ1) is 16.9. The minimum absolute atomic E-state index is 0.0322. The summed E-state index contributed by atoms with van der Waals surface area (Å²) in [5.74, 6) is -0.788. The summed E-state index contributed by atoms with van der Waals surface area (Å²) in [6, 6.07) is 16.1. The summed E-state index contributed by atoms with van der Waals surface area (Å²) in [6.45, 7) is 3.16. The number of aromatic nitrogens is 1. The third-order valence-electron chi connectivity index (χ3n) is 5.93. The van der Waals surface area contributed by atoms with E-state index in [9.17, 15) is 19.6 Å². The van der Waals surface area contributed by atoms with Crippen molar-refractivity contribution >= 4 is 34.9 Å². The number of aryl methyl sites for hydroxylation is 1. The fourth-order valence-corrected chi connectivity index (χ4v) is 5.10. The first kappa shape index (κ1) is 24.2. The normalized spacial score (nSPS) is 14.9. The van der Waals surface area contributed by atoms with Gasteiger partial charge in [0.2, 0.25) is 0 Å². The van der Waals surface area contributed by atoms with E-state index in [1.54, 1.807) is 35.2 Å². The van der Waals surface area contributed by atoms with Gasteiger partial charge in [-0.25, -0.2) is 4.79 Å². The highest BCUT2D eigenvalue weighted by Crippen LogP contribution is 2.13. The van der Waals surface area contributed by atoms with Gasteiger partial charge in [-0.3, -0.25) is 14.2 Å². The molecule has 0 spiro atoms. The average molecular weight is 488 g/mol. The molecular weight excluding hydrogens is 462 g/mol. The number of benzene rings is 2. The van der Waals surface area contributed by atoms with Gasteiger partial charge in [0.25, 0.3) is 11.5 Å². The van der Waals surface area contributed by atoms with Crippen molar-refractivity contribution in [2.24, 2.45) is 0 Å². The van der Waals surface area contributed by atoms with Gasteiger partial charge in [0.15, 0.2) is 5.57 Å². The summed E-state index contributed by atoms with van der Waals surface area (Å²) in [5.41, 5.74) is 2.39. The highest BCUT2D eigenvalue weighted by molar-refractivity contribution is 7.07. The predicted octanol–water partition coefficient (Wildman–Crippen LogP) is 2.51. The Balaban J connectivity index is 1.92. The maximum absolute atomic E-state index is 13.5. The number of likely N-dealkylation sites (tertiary alicyclic amines) is 1. The summed E-state index contributed by atoms with van der Waals surface area (Å²) in [5, 5.41) is 9.99. The van der Waals surface area contributed by atoms with Crippen molar-refractivity contribution in [3.8, 4) is 11.8 Å². The number of esters is 1. The number of hydrogen-bond donors (Lipinski definition) is 0. The van der Waals surface area contributed by atoms with Crippen LogP contribution in [-0.4, -0.2) is 41.5 Å². The van der Waals surface area contributed by atoms with Gasteiger partial charge in [0, 0.05) is 13.1 Å². The Morgan fingerprint density at radius 2 is 1.69 bits per heavy atom. The van der Waals surface area contributed by atoms with Crippen molar-refractivity contribution in [1.82, 2.24) is 9.47 Å². The Hall–Kier alpha value is -3.96. The third kappa shape index (κ3) is 5.10. The quantitative estimate of drug-likeness (QED) is 0.528. The van der Waals surface area contributed by atoms with E-state index in [-0.39, 0.29) is 17.0 Å². The Kier molecular flexibility index (Phi) is 7.28. The molecular formula is C27H25N3O4S. The largest absolute Gasteiger partial charge is 0.465 e. The Morgan fingerprint density at radius 3 is 2.29 bits per heavy atom. The lowest BCUT2D eigenvalue weighted by molar-refractivity contribution is -0.125. The summed E-state index contributed by atoms with van der Waals surface area (Å²) < 4.78 is 6.87. The van der Waals surface area contributed by atoms with Crippen LogP contribution >= 0.6 is 11.3 Å². The number of amides is 1. The molecule has 178 valence electrons. The topological polar surface area (TPSA) is 92.4 Å². The zero-order valence-electron chi connectivity index (χ0n) is 19.6. The minimum atomic E-state index is -0.443. The molecule has 2 heterocycles. The van der Waals surface area contributed by atoms with Crippen molar-refractivity contribution in [1.29, 1.82) is 5.26 Å². The molecule has 1 aliphatic rings. The second-order valence-electron chi connectivity index (χ2n) is 8.35. The van der Waals surface area contributed by atoms with Crippen LogP contribution in [-0.2, 0) is 9.53 Å². The number of ether oxygens (including phenoxy) is 1. The number of nitriles is 1. The van der Waals surface area contributed by atoms with E-state index >= 15 is 0 Å². The van der Waals surface area contributed by atoms with Gasteiger partial charge in [-0.05, 0) is 62.1 Å². The van der Waals surface area contributed by atoms with Gasteiger partial charge in [-0.1, -0.05) is 29.8 Å². The van der Waals surface area contributed by atoms with Crippen molar-refractivity contribution in [3.63, 3.8) is 0 Å². The summed E-state index contributed by atoms with van der Waals surface area (Å²) >= 11 is 1.12. The number of carbonyl (C=O) groups is 2. The molecule has 1 aromatic heterocycles. The van der Waals surface area contributed by atoms with Crippen molar-refractivity contribution in [2.45, 2.75) is 26.2 Å². The standard InChI is InChI=1S/C27H25N3O4S/c1-18-6-12-21(13-7-18)30-25(32)23(16-19-8-10-20(11-9-19)27(33)34-2)35-26(30)22(17-28)24(31)29-14-4-3-5-15-29/h6-13,16H,3-5,14-15H2,1-2H3/b23-16-,26-22-. The van der Waals surface area contributed by atoms with Crippen LogP contribution in [0.5, 0.6) is 0 Å². The Bertz CT molecular complexity index is 1470. The fourth-order valence-electron chi connectivity index (χ4n) is 4.01. The lowest BCUT2D eigenvalue weighted by Crippen LogP contribution is -2.39. The van der Waals surface area contributed by atoms with Gasteiger partial charge in [-0.2, -0.15) is 5.26 Å². The molecule has 1 saturated heterocycles. The molecule has 0 saturated carbocycles. The van der Waals surface area contributed by atoms with Gasteiger partial charge >= 0.3 is 5.97 Å². The van der Waals surface area contributed by atoms with Crippen molar-refractivity contribution in [2.75, 3.05) is 20.2 Å². The second-order valence-corrected chi connectivity index (χ2v) is 9.38. The third-order valence-corrected chi connectivity index (χ3v) is 7.02. The number of thiazole rings is 1. The predicted molar refractivity (Wildman–Crippen MR) is 135 cm³/mol. The van der Waals surface area contributed by atoms with E-state index in [0.29, 0.717) is 39.1 Å². The van der Waals surface area contributed by atoms with E-state index in [1.807, 2.05) is 31.2 Å². The van der Waals surface area contributed by atoms with Crippen LogP contribution in [0, 0.1) is 18.3 Å². The first-order valence-corrected chi connectivity index (χ1v) is 12.2. The molecule has 35 heavy (non-hydrogen) atoms. The molecule has 0 bridgehead atoms. The number of piperidine rings is 1. The van der Waals surface area contributed by atoms with Crippen LogP contribution in [0.2, 0.25) is 0 Å². The van der Waals surface area contributed by atoms with Gasteiger partial charge in [-0.15, -0.1) is 11.3 Å². The molecule has 3 aromatic rings. The van der Waals surface area contributed by atoms with Gasteiger partial charge in [0.1, 0.15) is 10.7 Å². The first-order valence-electron chi connectivity index (χ1n) is 11.4. The lowest BCUT2D eigenvalue weighted by Gasteiger charge is -2.26. The van der Waals surface area contributed by atoms with E-state index < -0.39 is 5.97 Å². The van der Waals surface area contributed by atoms with Crippen LogP contribution in [0.4, 0.5) is 0 Å². The number of rotatable bonds is 4. The molecule has 8 heteroatoms. The number of carbonyl (C=O) groups excluding carboxylic acids is 2. The van der Waals surface area contributed by atoms with Gasteiger partial charge in [0.05, 0.1) is 22.9 Å². The summed E-state index contributed by atoms with van der Waals surface area (Å²) in [4.78, 5) is 40.2. The van der Waals surface area contributed by atoms with E-state index in [4.69, 9.17) is 4.74 Å². The molecule has 0 atom stereocenters. The molecule has 1 amide bonds. The molecule has 0 unspecified atom stereocenters. The zero-order valence-corrected chi connectivity index (χ0v) is 20.4. The maximum Gasteiger partial charge on any atom is 0.337 e. The summed E-state index contributed by atoms with van der Waals surface area (Å²) in [7, 11) is 1.32. The molecule has 4 rings (SSSR count). The molecule has 0 N–H and O–H groups in total. The molecule has 0 radical (unpaired) electrons. The van der Waals surface area contributed by atoms with E-state index in [0.717, 1.165) is 36.2 Å². The zero-order chi connectivity index (χ0) is 24.9. The van der Waals surface area contributed by atoms with E-state index in [2.05, 4.69) is 6.07 Å². The smallest absolute Gasteiger partial charge is 0.337 e. The second kappa shape index (κ2) is 10.5. The molecule has 1 aliphatic heterocycles. The maximum atomic E-state index is 13.5. The average Bonchev–Trinajstić information content (AvgIpc) is 3.20. The van der Waals surface area contributed by atoms with Crippen molar-refractivity contribution < 1.29 is 14.3 Å². The van der Waals surface area contributed by atoms with Crippen molar-refractivity contribution in [3.05, 3.63) is 84.8 Å². The van der Waals surface area contributed by atoms with Crippen LogP contribution in [0.15, 0.2) is 53.3 Å². The molecule has 1 fully saturated rings. The van der Waals surface area contributed by atoms with Crippen LogP contribution < -0.4 is 14.8 Å². The highest BCUT2D eigenvalue weighted by Gasteiger charge is 2.23. The molecule has 0 aliphatic carbocycles. The monoisotopic (exact) mass is 487 g/mol. The van der Waals surface area contributed by atoms with Crippen LogP contribution in [0.3, 0.4) is 0 Å². The number of methoxy groups -OCH3 is 1. The molecule has 2 aromatic carbocycles. The van der Waals surface area contributed by atoms with Crippen LogP contribution in [0.1, 0.15) is 40.7 Å². The van der Waals surface area contributed by atoms with Gasteiger partial charge < -0.3 is 9.64 Å². The SMILES string of the molecule is COC(=O)c1ccc(/C=c2\s/c(=C(/C#N)C(=O)N3CCCCC3)n(-c3ccc(C)cc3)c2=O)cc1. The Morgan fingerprint density at radius 1 is 1.03 bits per heavy atom. The fraction of sp³-hybridized carbons (Fsp3) is 0.259. The minimum Gasteiger partial charge on any atom is -0.465 e. The lowest BCUT2D eigenvalue weighted by atomic mass is 10.1.